The number of hydrogen-bond donors (Lipinski definition) is 0. The molecule has 0 bridgehead atoms. The summed E-state index contributed by atoms with van der Waals surface area (Å²) in [7, 11) is 0. The van der Waals surface area contributed by atoms with Crippen molar-refractivity contribution in [2.24, 2.45) is 10.2 Å². The average molecular weight is 376 g/mol. The van der Waals surface area contributed by atoms with Gasteiger partial charge in [-0.2, -0.15) is 23.4 Å². The standard InChI is InChI=1S/C13H8F3IN2/c14-13(15,16)9-1-5-11(6-2-9)18-19-12-7-3-10(17)4-8-12/h1-8H. The summed E-state index contributed by atoms with van der Waals surface area (Å²) in [4.78, 5) is 0. The van der Waals surface area contributed by atoms with E-state index in [1.165, 1.54) is 12.1 Å². The summed E-state index contributed by atoms with van der Waals surface area (Å²) < 4.78 is 38.1. The molecule has 0 spiro atoms. The fourth-order valence-corrected chi connectivity index (χ4v) is 1.70. The fourth-order valence-electron chi connectivity index (χ4n) is 1.34. The topological polar surface area (TPSA) is 24.7 Å². The minimum Gasteiger partial charge on any atom is -0.166 e. The van der Waals surface area contributed by atoms with Crippen molar-refractivity contribution in [2.45, 2.75) is 6.18 Å². The van der Waals surface area contributed by atoms with Gasteiger partial charge in [-0.1, -0.05) is 0 Å². The van der Waals surface area contributed by atoms with Gasteiger partial charge in [0.15, 0.2) is 0 Å². The molecular formula is C13H8F3IN2. The van der Waals surface area contributed by atoms with Crippen molar-refractivity contribution < 1.29 is 13.2 Å². The molecule has 0 radical (unpaired) electrons. The number of nitrogens with zero attached hydrogens (tertiary/aromatic N) is 2. The molecule has 0 aliphatic rings. The highest BCUT2D eigenvalue weighted by Gasteiger charge is 2.29. The summed E-state index contributed by atoms with van der Waals surface area (Å²) in [5.74, 6) is 0. The smallest absolute Gasteiger partial charge is 0.166 e. The van der Waals surface area contributed by atoms with Crippen LogP contribution in [-0.2, 0) is 6.18 Å². The Morgan fingerprint density at radius 2 is 1.16 bits per heavy atom. The Morgan fingerprint density at radius 3 is 1.58 bits per heavy atom. The number of benzene rings is 2. The van der Waals surface area contributed by atoms with Crippen LogP contribution in [0.15, 0.2) is 58.8 Å². The molecule has 0 saturated heterocycles. The third-order valence-corrected chi connectivity index (χ3v) is 3.02. The molecule has 0 aliphatic carbocycles. The van der Waals surface area contributed by atoms with Gasteiger partial charge in [-0.3, -0.25) is 0 Å². The molecule has 0 unspecified atom stereocenters. The van der Waals surface area contributed by atoms with E-state index in [0.717, 1.165) is 15.7 Å². The molecule has 0 amide bonds. The van der Waals surface area contributed by atoms with Crippen LogP contribution in [0.2, 0.25) is 0 Å². The van der Waals surface area contributed by atoms with Crippen LogP contribution in [0.4, 0.5) is 24.5 Å². The molecular weight excluding hydrogens is 368 g/mol. The number of alkyl halides is 3. The van der Waals surface area contributed by atoms with Gasteiger partial charge in [0.25, 0.3) is 0 Å². The van der Waals surface area contributed by atoms with E-state index in [2.05, 4.69) is 32.8 Å². The molecule has 19 heavy (non-hydrogen) atoms. The lowest BCUT2D eigenvalue weighted by Crippen LogP contribution is -2.03. The maximum atomic E-state index is 12.4. The summed E-state index contributed by atoms with van der Waals surface area (Å²) >= 11 is 2.17. The van der Waals surface area contributed by atoms with Gasteiger partial charge in [-0.25, -0.2) is 0 Å². The van der Waals surface area contributed by atoms with Crippen molar-refractivity contribution in [1.29, 1.82) is 0 Å². The monoisotopic (exact) mass is 376 g/mol. The first-order chi connectivity index (χ1) is 8.95. The number of halogens is 4. The quantitative estimate of drug-likeness (QED) is 0.473. The van der Waals surface area contributed by atoms with Crippen LogP contribution in [0, 0.1) is 3.57 Å². The fraction of sp³-hybridized carbons (Fsp3) is 0.0769. The van der Waals surface area contributed by atoms with Gasteiger partial charge in [-0.15, -0.1) is 0 Å². The second-order valence-electron chi connectivity index (χ2n) is 3.72. The maximum Gasteiger partial charge on any atom is 0.416 e. The molecule has 0 aliphatic heterocycles. The van der Waals surface area contributed by atoms with E-state index in [1.54, 1.807) is 12.1 Å². The van der Waals surface area contributed by atoms with Crippen LogP contribution in [0.5, 0.6) is 0 Å². The lowest BCUT2D eigenvalue weighted by atomic mass is 10.2. The largest absolute Gasteiger partial charge is 0.416 e. The Labute approximate surface area is 121 Å². The second kappa shape index (κ2) is 5.68. The predicted octanol–water partition coefficient (Wildman–Crippen LogP) is 5.73. The Bertz CT molecular complexity index is 574. The molecule has 0 fully saturated rings. The van der Waals surface area contributed by atoms with E-state index < -0.39 is 11.7 Å². The predicted molar refractivity (Wildman–Crippen MR) is 74.8 cm³/mol. The Hall–Kier alpha value is -1.44. The van der Waals surface area contributed by atoms with Gasteiger partial charge in [0, 0.05) is 3.57 Å². The molecule has 2 rings (SSSR count). The number of hydrogen-bond acceptors (Lipinski definition) is 2. The molecule has 0 atom stereocenters. The van der Waals surface area contributed by atoms with Crippen molar-refractivity contribution in [1.82, 2.24) is 0 Å². The lowest BCUT2D eigenvalue weighted by molar-refractivity contribution is -0.137. The third kappa shape index (κ3) is 4.02. The van der Waals surface area contributed by atoms with Crippen molar-refractivity contribution >= 4 is 34.0 Å². The van der Waals surface area contributed by atoms with Crippen molar-refractivity contribution in [3.05, 3.63) is 57.7 Å². The van der Waals surface area contributed by atoms with Gasteiger partial charge in [0.2, 0.25) is 0 Å². The summed E-state index contributed by atoms with van der Waals surface area (Å²) in [6.07, 6.45) is -4.33. The van der Waals surface area contributed by atoms with Crippen LogP contribution in [-0.4, -0.2) is 0 Å². The van der Waals surface area contributed by atoms with Crippen LogP contribution in [0.25, 0.3) is 0 Å². The molecule has 2 aromatic rings. The second-order valence-corrected chi connectivity index (χ2v) is 4.97. The van der Waals surface area contributed by atoms with Crippen LogP contribution < -0.4 is 0 Å². The maximum absolute atomic E-state index is 12.4. The number of azo groups is 1. The van der Waals surface area contributed by atoms with Gasteiger partial charge in [0.1, 0.15) is 0 Å². The molecule has 0 N–H and O–H groups in total. The summed E-state index contributed by atoms with van der Waals surface area (Å²) in [5.41, 5.74) is 0.340. The van der Waals surface area contributed by atoms with Crippen molar-refractivity contribution in [3.63, 3.8) is 0 Å². The van der Waals surface area contributed by atoms with E-state index in [9.17, 15) is 13.2 Å². The highest BCUT2D eigenvalue weighted by atomic mass is 127. The molecule has 6 heteroatoms. The molecule has 0 saturated carbocycles. The van der Waals surface area contributed by atoms with Crippen LogP contribution >= 0.6 is 22.6 Å². The Morgan fingerprint density at radius 1 is 0.737 bits per heavy atom. The Balaban J connectivity index is 2.13. The zero-order valence-corrected chi connectivity index (χ0v) is 11.7. The minimum absolute atomic E-state index is 0.381. The van der Waals surface area contributed by atoms with Gasteiger partial charge >= 0.3 is 6.18 Å². The highest BCUT2D eigenvalue weighted by Crippen LogP contribution is 2.30. The van der Waals surface area contributed by atoms with E-state index in [4.69, 9.17) is 0 Å². The van der Waals surface area contributed by atoms with Crippen LogP contribution in [0.1, 0.15) is 5.56 Å². The molecule has 98 valence electrons. The third-order valence-electron chi connectivity index (χ3n) is 2.30. The van der Waals surface area contributed by atoms with E-state index >= 15 is 0 Å². The molecule has 0 aromatic heterocycles. The normalized spacial score (nSPS) is 12.0. The average Bonchev–Trinajstić information content (AvgIpc) is 2.37. The van der Waals surface area contributed by atoms with Crippen molar-refractivity contribution in [2.75, 3.05) is 0 Å². The van der Waals surface area contributed by atoms with Crippen molar-refractivity contribution in [3.8, 4) is 0 Å². The number of rotatable bonds is 2. The van der Waals surface area contributed by atoms with E-state index in [1.807, 2.05) is 12.1 Å². The van der Waals surface area contributed by atoms with Crippen LogP contribution in [0.3, 0.4) is 0 Å². The first-order valence-electron chi connectivity index (χ1n) is 5.30. The first-order valence-corrected chi connectivity index (χ1v) is 6.37. The first kappa shape index (κ1) is 14.0. The van der Waals surface area contributed by atoms with Gasteiger partial charge < -0.3 is 0 Å². The zero-order chi connectivity index (χ0) is 13.9. The van der Waals surface area contributed by atoms with E-state index in [0.29, 0.717) is 11.4 Å². The van der Waals surface area contributed by atoms with E-state index in [-0.39, 0.29) is 0 Å². The zero-order valence-electron chi connectivity index (χ0n) is 9.53. The minimum atomic E-state index is -4.33. The van der Waals surface area contributed by atoms with Gasteiger partial charge in [-0.05, 0) is 71.1 Å². The highest BCUT2D eigenvalue weighted by molar-refractivity contribution is 14.1. The summed E-state index contributed by atoms with van der Waals surface area (Å²) in [5, 5.41) is 7.83. The molecule has 0 heterocycles. The SMILES string of the molecule is FC(F)(F)c1ccc(N=Nc2ccc(I)cc2)cc1. The molecule has 2 nitrogen and oxygen atoms in total. The molecule has 2 aromatic carbocycles. The Kier molecular flexibility index (Phi) is 4.18. The summed E-state index contributed by atoms with van der Waals surface area (Å²) in [6, 6.07) is 11.9. The summed E-state index contributed by atoms with van der Waals surface area (Å²) in [6.45, 7) is 0. The van der Waals surface area contributed by atoms with Gasteiger partial charge in [0.05, 0.1) is 16.9 Å². The lowest BCUT2D eigenvalue weighted by Gasteiger charge is -2.05.